The van der Waals surface area contributed by atoms with Gasteiger partial charge >= 0.3 is 0 Å². The van der Waals surface area contributed by atoms with Gasteiger partial charge in [-0.25, -0.2) is 13.1 Å². The van der Waals surface area contributed by atoms with Gasteiger partial charge in [0.1, 0.15) is 11.5 Å². The van der Waals surface area contributed by atoms with Gasteiger partial charge in [-0.2, -0.15) is 0 Å². The van der Waals surface area contributed by atoms with Gasteiger partial charge in [-0.3, -0.25) is 4.99 Å². The summed E-state index contributed by atoms with van der Waals surface area (Å²) < 4.78 is 36.3. The summed E-state index contributed by atoms with van der Waals surface area (Å²) in [5.41, 5.74) is 1.46. The van der Waals surface area contributed by atoms with E-state index < -0.39 is 15.6 Å². The predicted octanol–water partition coefficient (Wildman–Crippen LogP) is 2.23. The number of hydrogen-bond donors (Lipinski definition) is 4. The van der Waals surface area contributed by atoms with Crippen molar-refractivity contribution in [2.24, 2.45) is 4.99 Å². The summed E-state index contributed by atoms with van der Waals surface area (Å²) in [6.07, 6.45) is 2.89. The smallest absolute Gasteiger partial charge is 0.209 e. The molecule has 0 aliphatic carbocycles. The second-order valence-corrected chi connectivity index (χ2v) is 9.55. The Morgan fingerprint density at radius 2 is 1.87 bits per heavy atom. The molecule has 0 aliphatic rings. The van der Waals surface area contributed by atoms with Gasteiger partial charge in [-0.1, -0.05) is 0 Å². The fourth-order valence-electron chi connectivity index (χ4n) is 3.21. The van der Waals surface area contributed by atoms with Crippen LogP contribution in [0.1, 0.15) is 26.0 Å². The number of aromatic amines is 1. The lowest BCUT2D eigenvalue weighted by atomic mass is 10.1. The van der Waals surface area contributed by atoms with Crippen LogP contribution in [0, 0.1) is 0 Å². The first-order chi connectivity index (χ1) is 14.1. The van der Waals surface area contributed by atoms with Crippen molar-refractivity contribution in [1.82, 2.24) is 20.3 Å². The molecule has 1 aromatic carbocycles. The van der Waals surface area contributed by atoms with Crippen LogP contribution in [0.25, 0.3) is 10.9 Å². The lowest BCUT2D eigenvalue weighted by molar-refractivity contribution is 0.398. The lowest BCUT2D eigenvalue weighted by Crippen LogP contribution is -2.53. The third kappa shape index (κ3) is 8.73. The highest BCUT2D eigenvalue weighted by molar-refractivity contribution is 14.0. The molecule has 0 saturated carbocycles. The van der Waals surface area contributed by atoms with E-state index in [1.54, 1.807) is 21.3 Å². The van der Waals surface area contributed by atoms with Crippen molar-refractivity contribution in [2.45, 2.75) is 32.2 Å². The average Bonchev–Trinajstić information content (AvgIpc) is 3.07. The van der Waals surface area contributed by atoms with Crippen LogP contribution in [-0.2, 0) is 16.4 Å². The Labute approximate surface area is 201 Å². The van der Waals surface area contributed by atoms with Crippen molar-refractivity contribution >= 4 is 50.9 Å². The van der Waals surface area contributed by atoms with Gasteiger partial charge < -0.3 is 25.1 Å². The topological polar surface area (TPSA) is 117 Å². The molecule has 0 radical (unpaired) electrons. The number of rotatable bonds is 10. The monoisotopic (exact) mass is 567 g/mol. The van der Waals surface area contributed by atoms with Gasteiger partial charge in [-0.05, 0) is 32.8 Å². The number of aryl methyl sites for hydroxylation is 1. The van der Waals surface area contributed by atoms with Gasteiger partial charge in [0.05, 0.1) is 26.0 Å². The lowest BCUT2D eigenvalue weighted by Gasteiger charge is -2.26. The van der Waals surface area contributed by atoms with Crippen molar-refractivity contribution in [1.29, 1.82) is 0 Å². The first-order valence-corrected chi connectivity index (χ1v) is 11.6. The Morgan fingerprint density at radius 1 is 1.16 bits per heavy atom. The molecule has 31 heavy (non-hydrogen) atoms. The molecule has 2 aromatic rings. The molecule has 0 amide bonds. The number of nitrogens with one attached hydrogen (secondary N) is 4. The molecule has 11 heteroatoms. The minimum absolute atomic E-state index is 0. The molecular formula is C20H34IN5O4S. The Morgan fingerprint density at radius 3 is 2.45 bits per heavy atom. The maximum atomic E-state index is 11.4. The highest BCUT2D eigenvalue weighted by Gasteiger charge is 2.22. The van der Waals surface area contributed by atoms with E-state index in [9.17, 15) is 8.42 Å². The van der Waals surface area contributed by atoms with Crippen LogP contribution in [0.4, 0.5) is 0 Å². The zero-order valence-corrected chi connectivity index (χ0v) is 22.1. The Bertz CT molecular complexity index is 989. The summed E-state index contributed by atoms with van der Waals surface area (Å²) in [5, 5.41) is 7.43. The molecular weight excluding hydrogens is 533 g/mol. The summed E-state index contributed by atoms with van der Waals surface area (Å²) in [5.74, 6) is 2.15. The van der Waals surface area contributed by atoms with Gasteiger partial charge in [0.25, 0.3) is 0 Å². The number of methoxy groups -OCH3 is 2. The number of nitrogens with zero attached hydrogens (tertiary/aromatic N) is 1. The molecule has 0 unspecified atom stereocenters. The Balaban J connectivity index is 0.00000480. The Hall–Kier alpha value is -1.73. The van der Waals surface area contributed by atoms with Crippen molar-refractivity contribution < 1.29 is 17.9 Å². The molecule has 0 spiro atoms. The normalized spacial score (nSPS) is 12.4. The number of H-pyrrole nitrogens is 1. The van der Waals surface area contributed by atoms with Gasteiger partial charge in [0.15, 0.2) is 5.96 Å². The second kappa shape index (κ2) is 11.8. The minimum Gasteiger partial charge on any atom is -0.497 e. The number of ether oxygens (including phenoxy) is 2. The molecule has 0 atom stereocenters. The molecule has 1 heterocycles. The van der Waals surface area contributed by atoms with E-state index in [4.69, 9.17) is 9.47 Å². The predicted molar refractivity (Wildman–Crippen MR) is 137 cm³/mol. The Kier molecular flexibility index (Phi) is 10.4. The van der Waals surface area contributed by atoms with Crippen LogP contribution in [0.5, 0.6) is 11.5 Å². The fourth-order valence-corrected chi connectivity index (χ4v) is 4.28. The quantitative estimate of drug-likeness (QED) is 0.152. The van der Waals surface area contributed by atoms with Gasteiger partial charge in [0.2, 0.25) is 10.0 Å². The molecule has 0 bridgehead atoms. The summed E-state index contributed by atoms with van der Waals surface area (Å²) >= 11 is 0. The zero-order chi connectivity index (χ0) is 22.4. The zero-order valence-electron chi connectivity index (χ0n) is 19.0. The van der Waals surface area contributed by atoms with E-state index in [1.807, 2.05) is 26.0 Å². The first kappa shape index (κ1) is 27.3. The van der Waals surface area contributed by atoms with Crippen molar-refractivity contribution in [3.05, 3.63) is 23.9 Å². The maximum Gasteiger partial charge on any atom is 0.209 e. The molecule has 9 nitrogen and oxygen atoms in total. The molecule has 4 N–H and O–H groups in total. The van der Waals surface area contributed by atoms with Crippen molar-refractivity contribution in [3.8, 4) is 11.5 Å². The molecule has 0 fully saturated rings. The third-order valence-electron chi connectivity index (χ3n) is 4.48. The standard InChI is InChI=1S/C20H33N5O4S.HI/c1-20(2,25-30(6,26)27)13-23-19(21-3)22-9-7-8-14-10-16-17(24-14)11-15(28-4)12-18(16)29-5;/h10-12,24-25H,7-9,13H2,1-6H3,(H2,21,22,23);1H. The number of sulfonamides is 1. The highest BCUT2D eigenvalue weighted by atomic mass is 127. The van der Waals surface area contributed by atoms with E-state index in [1.165, 1.54) is 0 Å². The number of benzene rings is 1. The van der Waals surface area contributed by atoms with E-state index in [2.05, 4.69) is 31.4 Å². The van der Waals surface area contributed by atoms with E-state index in [0.717, 1.165) is 53.7 Å². The van der Waals surface area contributed by atoms with Crippen LogP contribution in [0.3, 0.4) is 0 Å². The molecule has 0 saturated heterocycles. The SMILES string of the molecule is CN=C(NCCCc1cc2c(OC)cc(OC)cc2[nH]1)NCC(C)(C)NS(C)(=O)=O.I. The van der Waals surface area contributed by atoms with E-state index in [0.29, 0.717) is 12.5 Å². The largest absolute Gasteiger partial charge is 0.497 e. The molecule has 1 aromatic heterocycles. The van der Waals surface area contributed by atoms with Crippen molar-refractivity contribution in [3.63, 3.8) is 0 Å². The number of aromatic nitrogens is 1. The van der Waals surface area contributed by atoms with E-state index in [-0.39, 0.29) is 24.0 Å². The van der Waals surface area contributed by atoms with Crippen molar-refractivity contribution in [2.75, 3.05) is 40.6 Å². The molecule has 2 rings (SSSR count). The third-order valence-corrected chi connectivity index (χ3v) is 5.41. The summed E-state index contributed by atoms with van der Waals surface area (Å²) in [4.78, 5) is 7.60. The maximum absolute atomic E-state index is 11.4. The molecule has 0 aliphatic heterocycles. The number of fused-ring (bicyclic) bond motifs is 1. The van der Waals surface area contributed by atoms with Gasteiger partial charge in [0, 0.05) is 48.9 Å². The summed E-state index contributed by atoms with van der Waals surface area (Å²) in [6.45, 7) is 4.75. The minimum atomic E-state index is -3.28. The van der Waals surface area contributed by atoms with Crippen LogP contribution < -0.4 is 24.8 Å². The highest BCUT2D eigenvalue weighted by Crippen LogP contribution is 2.31. The molecule has 176 valence electrons. The average molecular weight is 567 g/mol. The number of guanidine groups is 1. The first-order valence-electron chi connectivity index (χ1n) is 9.74. The number of hydrogen-bond acceptors (Lipinski definition) is 5. The summed E-state index contributed by atoms with van der Waals surface area (Å²) in [6, 6.07) is 5.93. The van der Waals surface area contributed by atoms with E-state index >= 15 is 0 Å². The van der Waals surface area contributed by atoms with Gasteiger partial charge in [-0.15, -0.1) is 24.0 Å². The van der Waals surface area contributed by atoms with Crippen LogP contribution >= 0.6 is 24.0 Å². The number of aliphatic imine (C=N–C) groups is 1. The van der Waals surface area contributed by atoms with Crippen LogP contribution in [-0.4, -0.2) is 65.5 Å². The fraction of sp³-hybridized carbons (Fsp3) is 0.550. The van der Waals surface area contributed by atoms with Crippen LogP contribution in [0.15, 0.2) is 23.2 Å². The summed E-state index contributed by atoms with van der Waals surface area (Å²) in [7, 11) is 1.69. The number of halogens is 1. The second-order valence-electron chi connectivity index (χ2n) is 7.80. The van der Waals surface area contributed by atoms with Crippen LogP contribution in [0.2, 0.25) is 0 Å².